The molecular formula is C34H44N6O9S. The fraction of sp³-hybridized carbons (Fsp3) is 0.559. The van der Waals surface area contributed by atoms with Crippen molar-refractivity contribution < 1.29 is 41.9 Å². The van der Waals surface area contributed by atoms with Gasteiger partial charge in [-0.2, -0.15) is 0 Å². The fourth-order valence-electron chi connectivity index (χ4n) is 6.79. The minimum Gasteiger partial charge on any atom is -0.444 e. The largest absolute Gasteiger partial charge is 0.444 e. The number of rotatable bonds is 6. The van der Waals surface area contributed by atoms with Crippen LogP contribution in [0.5, 0.6) is 0 Å². The van der Waals surface area contributed by atoms with Gasteiger partial charge in [0.05, 0.1) is 24.9 Å². The van der Waals surface area contributed by atoms with Gasteiger partial charge in [-0.1, -0.05) is 57.2 Å². The van der Waals surface area contributed by atoms with Crippen molar-refractivity contribution in [2.24, 2.45) is 17.1 Å². The zero-order valence-electron chi connectivity index (χ0n) is 28.3. The summed E-state index contributed by atoms with van der Waals surface area (Å²) in [6.07, 6.45) is 2.93. The van der Waals surface area contributed by atoms with Gasteiger partial charge in [0.15, 0.2) is 6.23 Å². The summed E-state index contributed by atoms with van der Waals surface area (Å²) >= 11 is 0. The molecular weight excluding hydrogens is 668 g/mol. The van der Waals surface area contributed by atoms with Gasteiger partial charge in [0.2, 0.25) is 21.8 Å². The number of ether oxygens (including phenoxy) is 2. The van der Waals surface area contributed by atoms with Gasteiger partial charge >= 0.3 is 6.09 Å². The molecule has 0 radical (unpaired) electrons. The number of sulfonamides is 1. The van der Waals surface area contributed by atoms with Gasteiger partial charge in [0.25, 0.3) is 11.8 Å². The molecule has 3 aliphatic heterocycles. The van der Waals surface area contributed by atoms with E-state index in [2.05, 4.69) is 21.9 Å². The van der Waals surface area contributed by atoms with Crippen molar-refractivity contribution in [2.45, 2.75) is 94.7 Å². The smallest absolute Gasteiger partial charge is 0.410 e. The summed E-state index contributed by atoms with van der Waals surface area (Å²) in [6, 6.07) is 3.26. The summed E-state index contributed by atoms with van der Waals surface area (Å²) in [5.74, 6) is -3.56. The van der Waals surface area contributed by atoms with Gasteiger partial charge in [-0.05, 0) is 41.4 Å². The highest BCUT2D eigenvalue weighted by Gasteiger charge is 2.62. The van der Waals surface area contributed by atoms with Crippen LogP contribution in [0.2, 0.25) is 0 Å². The number of hydrogen-bond acceptors (Lipinski definition) is 10. The molecule has 1 aromatic rings. The van der Waals surface area contributed by atoms with E-state index >= 15 is 0 Å². The summed E-state index contributed by atoms with van der Waals surface area (Å²) in [4.78, 5) is 71.3. The SMILES string of the molecule is C=C[C@@H]1C[C@]1(NC(=O)[C@@H]1C[C@@H]2CN1C(=O)[C@H](C(C)(C)C)NC(=O)[C@H](N)OC/C=C/c1cccc3c1CN(C3)C(=O)O2)C(=O)NS(=O)(=O)C1CC1. The van der Waals surface area contributed by atoms with E-state index < -0.39 is 86.3 Å². The van der Waals surface area contributed by atoms with Crippen molar-refractivity contribution in [1.82, 2.24) is 25.2 Å². The van der Waals surface area contributed by atoms with E-state index in [0.29, 0.717) is 19.4 Å². The van der Waals surface area contributed by atoms with E-state index in [-0.39, 0.29) is 32.5 Å². The first-order chi connectivity index (χ1) is 23.5. The second-order valence-corrected chi connectivity index (χ2v) is 16.7. The second kappa shape index (κ2) is 13.1. The Labute approximate surface area is 291 Å². The van der Waals surface area contributed by atoms with E-state index in [9.17, 15) is 32.4 Å². The van der Waals surface area contributed by atoms with Crippen molar-refractivity contribution in [1.29, 1.82) is 0 Å². The molecule has 5 aliphatic rings. The monoisotopic (exact) mass is 712 g/mol. The number of carbonyl (C=O) groups excluding carboxylic acids is 5. The zero-order valence-corrected chi connectivity index (χ0v) is 29.2. The van der Waals surface area contributed by atoms with E-state index in [4.69, 9.17) is 15.2 Å². The molecule has 3 heterocycles. The van der Waals surface area contributed by atoms with Crippen LogP contribution >= 0.6 is 0 Å². The Kier molecular flexibility index (Phi) is 9.33. The highest BCUT2D eigenvalue weighted by atomic mass is 32.2. The normalized spacial score (nSPS) is 30.8. The molecule has 0 spiro atoms. The molecule has 5 N–H and O–H groups in total. The van der Waals surface area contributed by atoms with Crippen LogP contribution in [0.1, 0.15) is 63.1 Å². The summed E-state index contributed by atoms with van der Waals surface area (Å²) in [5.41, 5.74) is 6.31. The summed E-state index contributed by atoms with van der Waals surface area (Å²) in [5, 5.41) is 4.74. The first-order valence-corrected chi connectivity index (χ1v) is 18.3. The van der Waals surface area contributed by atoms with Gasteiger partial charge in [-0.3, -0.25) is 34.5 Å². The first-order valence-electron chi connectivity index (χ1n) is 16.8. The molecule has 1 saturated heterocycles. The molecule has 4 bridgehead atoms. The molecule has 5 amide bonds. The van der Waals surface area contributed by atoms with E-state index in [1.54, 1.807) is 26.8 Å². The Hall–Kier alpha value is -4.28. The van der Waals surface area contributed by atoms with Crippen LogP contribution in [0.3, 0.4) is 0 Å². The molecule has 0 unspecified atom stereocenters. The molecule has 6 rings (SSSR count). The molecule has 15 nitrogen and oxygen atoms in total. The van der Waals surface area contributed by atoms with Crippen molar-refractivity contribution in [2.75, 3.05) is 13.2 Å². The van der Waals surface area contributed by atoms with Gasteiger partial charge in [-0.25, -0.2) is 13.2 Å². The predicted octanol–water partition coefficient (Wildman–Crippen LogP) is 0.637. The standard InChI is InChI=1S/C34H44N6O9S/c1-5-21-15-34(21,31(44)38-50(46,47)23-11-12-23)37-28(41)25-14-22-17-40(25)30(43)26(33(2,3)4)36-29(42)27(35)48-13-7-10-19-8-6-9-20-16-39(18-24(19)20)32(45)49-22/h5-10,21-23,25-27H,1,11-18,35H2,2-4H3,(H,36,42)(H,37,41)(H,38,44)/b10-7+/t21-,22-,25+,26-,27-,34-/m1/s1. The maximum absolute atomic E-state index is 14.3. The van der Waals surface area contributed by atoms with Gasteiger partial charge < -0.3 is 25.0 Å². The average Bonchev–Trinajstić information content (AvgIpc) is 3.94. The number of carbonyl (C=O) groups is 5. The highest BCUT2D eigenvalue weighted by molar-refractivity contribution is 7.91. The summed E-state index contributed by atoms with van der Waals surface area (Å²) < 4.78 is 38.8. The number of nitrogens with zero attached hydrogens (tertiary/aromatic N) is 2. The van der Waals surface area contributed by atoms with Crippen LogP contribution in [-0.4, -0.2) is 96.3 Å². The number of nitrogens with two attached hydrogens (primary N) is 1. The Morgan fingerprint density at radius 3 is 2.56 bits per heavy atom. The number of fused-ring (bicyclic) bond motifs is 3. The Balaban J connectivity index is 1.29. The van der Waals surface area contributed by atoms with E-state index in [1.807, 2.05) is 24.3 Å². The zero-order chi connectivity index (χ0) is 36.2. The fourth-order valence-corrected chi connectivity index (χ4v) is 8.16. The van der Waals surface area contributed by atoms with Crippen molar-refractivity contribution in [3.63, 3.8) is 0 Å². The van der Waals surface area contributed by atoms with Crippen LogP contribution in [0.25, 0.3) is 6.08 Å². The Bertz CT molecular complexity index is 1750. The topological polar surface area (TPSA) is 207 Å². The second-order valence-electron chi connectivity index (χ2n) is 14.7. The number of amides is 5. The number of hydrogen-bond donors (Lipinski definition) is 4. The summed E-state index contributed by atoms with van der Waals surface area (Å²) in [6.45, 7) is 9.32. The molecule has 270 valence electrons. The highest BCUT2D eigenvalue weighted by Crippen LogP contribution is 2.45. The lowest BCUT2D eigenvalue weighted by Crippen LogP contribution is -2.61. The van der Waals surface area contributed by atoms with E-state index in [0.717, 1.165) is 16.7 Å². The molecule has 2 saturated carbocycles. The van der Waals surface area contributed by atoms with Crippen LogP contribution in [0.4, 0.5) is 4.79 Å². The quantitative estimate of drug-likeness (QED) is 0.303. The average molecular weight is 713 g/mol. The van der Waals surface area contributed by atoms with Crippen LogP contribution in [0.15, 0.2) is 36.9 Å². The summed E-state index contributed by atoms with van der Waals surface area (Å²) in [7, 11) is -3.92. The third-order valence-corrected chi connectivity index (χ3v) is 11.8. The Morgan fingerprint density at radius 1 is 1.16 bits per heavy atom. The molecule has 2 aliphatic carbocycles. The number of benzene rings is 1. The third-order valence-electron chi connectivity index (χ3n) is 9.97. The van der Waals surface area contributed by atoms with Crippen LogP contribution in [0, 0.1) is 11.3 Å². The molecule has 1 aromatic carbocycles. The van der Waals surface area contributed by atoms with Crippen LogP contribution < -0.4 is 21.1 Å². The van der Waals surface area contributed by atoms with Crippen molar-refractivity contribution in [3.8, 4) is 0 Å². The number of nitrogens with one attached hydrogen (secondary N) is 3. The van der Waals surface area contributed by atoms with Gasteiger partial charge in [0.1, 0.15) is 23.7 Å². The molecule has 0 aromatic heterocycles. The first kappa shape index (κ1) is 35.5. The lowest BCUT2D eigenvalue weighted by atomic mass is 9.85. The minimum atomic E-state index is -3.92. The molecule has 16 heteroatoms. The van der Waals surface area contributed by atoms with Crippen molar-refractivity contribution >= 4 is 45.8 Å². The molecule has 6 atom stereocenters. The lowest BCUT2D eigenvalue weighted by molar-refractivity contribution is -0.146. The Morgan fingerprint density at radius 2 is 1.90 bits per heavy atom. The third kappa shape index (κ3) is 7.01. The minimum absolute atomic E-state index is 0.00280. The molecule has 3 fully saturated rings. The van der Waals surface area contributed by atoms with Crippen molar-refractivity contribution in [3.05, 3.63) is 53.6 Å². The maximum atomic E-state index is 14.3. The predicted molar refractivity (Wildman–Crippen MR) is 180 cm³/mol. The maximum Gasteiger partial charge on any atom is 0.410 e. The van der Waals surface area contributed by atoms with Gasteiger partial charge in [-0.15, -0.1) is 6.58 Å². The van der Waals surface area contributed by atoms with Gasteiger partial charge in [0, 0.05) is 18.9 Å². The van der Waals surface area contributed by atoms with Crippen LogP contribution in [-0.2, 0) is 51.8 Å². The lowest BCUT2D eigenvalue weighted by Gasteiger charge is -2.36. The molecule has 50 heavy (non-hydrogen) atoms. The van der Waals surface area contributed by atoms with E-state index in [1.165, 1.54) is 15.9 Å².